The molecule has 0 unspecified atom stereocenters. The molecule has 1 N–H and O–H groups in total. The van der Waals surface area contributed by atoms with Gasteiger partial charge < -0.3 is 10.0 Å². The number of amides is 1. The van der Waals surface area contributed by atoms with Crippen molar-refractivity contribution in [1.82, 2.24) is 4.90 Å². The van der Waals surface area contributed by atoms with Crippen molar-refractivity contribution in [3.63, 3.8) is 0 Å². The summed E-state index contributed by atoms with van der Waals surface area (Å²) in [5.41, 5.74) is 1.68. The fourth-order valence-electron chi connectivity index (χ4n) is 1.97. The topological polar surface area (TPSA) is 40.5 Å². The first kappa shape index (κ1) is 10.0. The average Bonchev–Trinajstić information content (AvgIpc) is 2.19. The number of benzene rings is 1. The highest BCUT2D eigenvalue weighted by Gasteiger charge is 2.25. The standard InChI is InChI=1S/C12H15NO2/c1-8(2)13-6-5-9-3-4-10(14)7-11(9)12(13)15/h3-4,7-8,14H,5-6H2,1-2H3. The molecule has 0 spiro atoms. The van der Waals surface area contributed by atoms with Gasteiger partial charge in [0.05, 0.1) is 0 Å². The van der Waals surface area contributed by atoms with Crippen LogP contribution in [-0.4, -0.2) is 28.5 Å². The Morgan fingerprint density at radius 3 is 2.80 bits per heavy atom. The molecule has 1 aromatic rings. The number of rotatable bonds is 1. The Bertz CT molecular complexity index is 399. The number of carbonyl (C=O) groups is 1. The van der Waals surface area contributed by atoms with Crippen LogP contribution in [0.4, 0.5) is 0 Å². The van der Waals surface area contributed by atoms with Crippen LogP contribution in [0.25, 0.3) is 0 Å². The van der Waals surface area contributed by atoms with Gasteiger partial charge in [-0.3, -0.25) is 4.79 Å². The third-order valence-electron chi connectivity index (χ3n) is 2.83. The van der Waals surface area contributed by atoms with Crippen molar-refractivity contribution in [2.75, 3.05) is 6.54 Å². The predicted octanol–water partition coefficient (Wildman–Crippen LogP) is 1.80. The molecule has 80 valence electrons. The number of hydrogen-bond donors (Lipinski definition) is 1. The van der Waals surface area contributed by atoms with E-state index in [0.717, 1.165) is 18.5 Å². The van der Waals surface area contributed by atoms with E-state index < -0.39 is 0 Å². The van der Waals surface area contributed by atoms with E-state index in [9.17, 15) is 9.90 Å². The fourth-order valence-corrected chi connectivity index (χ4v) is 1.97. The van der Waals surface area contributed by atoms with Gasteiger partial charge in [-0.1, -0.05) is 6.07 Å². The van der Waals surface area contributed by atoms with Gasteiger partial charge in [0, 0.05) is 18.2 Å². The van der Waals surface area contributed by atoms with Crippen LogP contribution in [0.2, 0.25) is 0 Å². The maximum absolute atomic E-state index is 12.0. The van der Waals surface area contributed by atoms with Crippen molar-refractivity contribution in [3.8, 4) is 5.75 Å². The van der Waals surface area contributed by atoms with Crippen LogP contribution in [0, 0.1) is 0 Å². The van der Waals surface area contributed by atoms with Crippen molar-refractivity contribution < 1.29 is 9.90 Å². The molecule has 0 bridgehead atoms. The molecule has 0 fully saturated rings. The van der Waals surface area contributed by atoms with Gasteiger partial charge in [0.25, 0.3) is 5.91 Å². The summed E-state index contributed by atoms with van der Waals surface area (Å²) in [6.07, 6.45) is 0.875. The summed E-state index contributed by atoms with van der Waals surface area (Å²) in [6.45, 7) is 4.78. The summed E-state index contributed by atoms with van der Waals surface area (Å²) in [5.74, 6) is 0.190. The van der Waals surface area contributed by atoms with E-state index in [2.05, 4.69) is 0 Å². The lowest BCUT2D eigenvalue weighted by molar-refractivity contribution is 0.0688. The Morgan fingerprint density at radius 1 is 1.40 bits per heavy atom. The summed E-state index contributed by atoms with van der Waals surface area (Å²) in [5, 5.41) is 9.36. The van der Waals surface area contributed by atoms with Crippen molar-refractivity contribution in [2.24, 2.45) is 0 Å². The summed E-state index contributed by atoms with van der Waals surface area (Å²) < 4.78 is 0. The third kappa shape index (κ3) is 1.69. The Hall–Kier alpha value is -1.51. The first-order valence-corrected chi connectivity index (χ1v) is 5.22. The lowest BCUT2D eigenvalue weighted by Crippen LogP contribution is -2.42. The van der Waals surface area contributed by atoms with Gasteiger partial charge in [0.1, 0.15) is 5.75 Å². The van der Waals surface area contributed by atoms with Gasteiger partial charge in [-0.15, -0.1) is 0 Å². The van der Waals surface area contributed by atoms with E-state index >= 15 is 0 Å². The molecule has 0 saturated heterocycles. The van der Waals surface area contributed by atoms with Gasteiger partial charge in [0.15, 0.2) is 0 Å². The SMILES string of the molecule is CC(C)N1CCc2ccc(O)cc2C1=O. The van der Waals surface area contributed by atoms with Gasteiger partial charge in [0.2, 0.25) is 0 Å². The van der Waals surface area contributed by atoms with Crippen molar-refractivity contribution >= 4 is 5.91 Å². The van der Waals surface area contributed by atoms with E-state index in [-0.39, 0.29) is 17.7 Å². The molecular weight excluding hydrogens is 190 g/mol. The van der Waals surface area contributed by atoms with Crippen molar-refractivity contribution in [2.45, 2.75) is 26.3 Å². The second-order valence-corrected chi connectivity index (χ2v) is 4.18. The molecule has 3 nitrogen and oxygen atoms in total. The highest BCUT2D eigenvalue weighted by Crippen LogP contribution is 2.24. The second-order valence-electron chi connectivity index (χ2n) is 4.18. The molecule has 2 rings (SSSR count). The molecule has 0 atom stereocenters. The number of aromatic hydroxyl groups is 1. The Kier molecular flexibility index (Phi) is 2.39. The molecule has 1 amide bonds. The number of fused-ring (bicyclic) bond motifs is 1. The number of nitrogens with zero attached hydrogens (tertiary/aromatic N) is 1. The number of phenols is 1. The highest BCUT2D eigenvalue weighted by molar-refractivity contribution is 5.97. The average molecular weight is 205 g/mol. The summed E-state index contributed by atoms with van der Waals surface area (Å²) >= 11 is 0. The molecule has 1 aliphatic heterocycles. The molecule has 15 heavy (non-hydrogen) atoms. The monoisotopic (exact) mass is 205 g/mol. The van der Waals surface area contributed by atoms with E-state index in [1.54, 1.807) is 12.1 Å². The smallest absolute Gasteiger partial charge is 0.254 e. The minimum atomic E-state index is 0.0298. The zero-order chi connectivity index (χ0) is 11.0. The third-order valence-corrected chi connectivity index (χ3v) is 2.83. The molecule has 0 radical (unpaired) electrons. The zero-order valence-corrected chi connectivity index (χ0v) is 9.03. The molecular formula is C12H15NO2. The molecule has 0 aromatic heterocycles. The van der Waals surface area contributed by atoms with E-state index in [4.69, 9.17) is 0 Å². The Labute approximate surface area is 89.3 Å². The van der Waals surface area contributed by atoms with Crippen LogP contribution in [0.15, 0.2) is 18.2 Å². The number of carbonyl (C=O) groups excluding carboxylic acids is 1. The lowest BCUT2D eigenvalue weighted by atomic mass is 9.98. The van der Waals surface area contributed by atoms with Crippen LogP contribution < -0.4 is 0 Å². The zero-order valence-electron chi connectivity index (χ0n) is 9.03. The van der Waals surface area contributed by atoms with Crippen LogP contribution in [0.1, 0.15) is 29.8 Å². The summed E-state index contributed by atoms with van der Waals surface area (Å²) in [6, 6.07) is 5.25. The van der Waals surface area contributed by atoms with Crippen LogP contribution in [0.5, 0.6) is 5.75 Å². The molecule has 1 aliphatic rings. The molecule has 1 aromatic carbocycles. The predicted molar refractivity (Wildman–Crippen MR) is 58.0 cm³/mol. The molecule has 0 saturated carbocycles. The molecule has 0 aliphatic carbocycles. The first-order valence-electron chi connectivity index (χ1n) is 5.22. The fraction of sp³-hybridized carbons (Fsp3) is 0.417. The highest BCUT2D eigenvalue weighted by atomic mass is 16.3. The minimum absolute atomic E-state index is 0.0298. The van der Waals surface area contributed by atoms with Gasteiger partial charge >= 0.3 is 0 Å². The largest absolute Gasteiger partial charge is 0.508 e. The van der Waals surface area contributed by atoms with Crippen LogP contribution in [-0.2, 0) is 6.42 Å². The second kappa shape index (κ2) is 3.57. The molecule has 1 heterocycles. The lowest BCUT2D eigenvalue weighted by Gasteiger charge is -2.31. The van der Waals surface area contributed by atoms with E-state index in [0.29, 0.717) is 5.56 Å². The Balaban J connectivity index is 2.40. The first-order chi connectivity index (χ1) is 7.09. The summed E-state index contributed by atoms with van der Waals surface area (Å²) in [7, 11) is 0. The van der Waals surface area contributed by atoms with E-state index in [1.165, 1.54) is 0 Å². The number of hydrogen-bond acceptors (Lipinski definition) is 2. The normalized spacial score (nSPS) is 15.7. The van der Waals surface area contributed by atoms with Gasteiger partial charge in [-0.05, 0) is 38.0 Å². The quantitative estimate of drug-likeness (QED) is 0.759. The van der Waals surface area contributed by atoms with Crippen LogP contribution >= 0.6 is 0 Å². The van der Waals surface area contributed by atoms with Gasteiger partial charge in [-0.25, -0.2) is 0 Å². The maximum atomic E-state index is 12.0. The summed E-state index contributed by atoms with van der Waals surface area (Å²) in [4.78, 5) is 13.9. The Morgan fingerprint density at radius 2 is 2.13 bits per heavy atom. The van der Waals surface area contributed by atoms with Crippen LogP contribution in [0.3, 0.4) is 0 Å². The van der Waals surface area contributed by atoms with Gasteiger partial charge in [-0.2, -0.15) is 0 Å². The number of phenolic OH excluding ortho intramolecular Hbond substituents is 1. The van der Waals surface area contributed by atoms with E-state index in [1.807, 2.05) is 24.8 Å². The van der Waals surface area contributed by atoms with Crippen molar-refractivity contribution in [3.05, 3.63) is 29.3 Å². The maximum Gasteiger partial charge on any atom is 0.254 e. The minimum Gasteiger partial charge on any atom is -0.508 e. The van der Waals surface area contributed by atoms with Crippen molar-refractivity contribution in [1.29, 1.82) is 0 Å². The molecule has 3 heteroatoms.